The third-order valence-electron chi connectivity index (χ3n) is 5.83. The van der Waals surface area contributed by atoms with Gasteiger partial charge in [0.1, 0.15) is 12.2 Å². The predicted octanol–water partition coefficient (Wildman–Crippen LogP) is 4.68. The molecule has 0 spiro atoms. The third kappa shape index (κ3) is 6.34. The highest BCUT2D eigenvalue weighted by Crippen LogP contribution is 2.38. The van der Waals surface area contributed by atoms with Gasteiger partial charge in [-0.25, -0.2) is 14.5 Å². The molecule has 4 rings (SSSR count). The van der Waals surface area contributed by atoms with E-state index in [4.69, 9.17) is 25.8 Å². The molecule has 1 heterocycles. The topological polar surface area (TPSA) is 154 Å². The smallest absolute Gasteiger partial charge is 0.338 e. The summed E-state index contributed by atoms with van der Waals surface area (Å²) < 4.78 is 16.1. The van der Waals surface area contributed by atoms with E-state index in [2.05, 4.69) is 5.32 Å². The highest BCUT2D eigenvalue weighted by atomic mass is 35.5. The molecule has 0 bridgehead atoms. The normalized spacial score (nSPS) is 14.1. The molecule has 0 radical (unpaired) electrons. The van der Waals surface area contributed by atoms with Gasteiger partial charge in [-0.15, -0.1) is 0 Å². The van der Waals surface area contributed by atoms with Crippen LogP contribution in [0, 0.1) is 10.1 Å². The van der Waals surface area contributed by atoms with Gasteiger partial charge in [-0.2, -0.15) is 0 Å². The largest absolute Gasteiger partial charge is 0.493 e. The first kappa shape index (κ1) is 28.8. The number of esters is 1. The number of rotatable bonds is 9. The summed E-state index contributed by atoms with van der Waals surface area (Å²) in [5.41, 5.74) is 0.896. The standard InChI is InChI=1S/C28H22ClN3O9/c1-3-40-27(35)18-6-10-19(11-7-18)31-26(34)21(25(33)30-28(31)36)12-17-13-22(29)24(23(14-17)39-2)41-15-16-4-8-20(9-5-16)32(37)38/h4-14H,3,15H2,1-2H3,(H,30,33,36)/b21-12+. The number of nitro benzene ring substituents is 1. The number of carbonyl (C=O) groups excluding carboxylic acids is 4. The van der Waals surface area contributed by atoms with E-state index in [1.54, 1.807) is 19.1 Å². The Labute approximate surface area is 238 Å². The van der Waals surface area contributed by atoms with Crippen molar-refractivity contribution >= 4 is 52.9 Å². The third-order valence-corrected chi connectivity index (χ3v) is 6.11. The van der Waals surface area contributed by atoms with Crippen LogP contribution >= 0.6 is 11.6 Å². The predicted molar refractivity (Wildman–Crippen MR) is 147 cm³/mol. The number of urea groups is 1. The van der Waals surface area contributed by atoms with Crippen LogP contribution in [-0.4, -0.2) is 42.5 Å². The quantitative estimate of drug-likeness (QED) is 0.125. The molecule has 0 aromatic heterocycles. The van der Waals surface area contributed by atoms with Crippen LogP contribution in [0.4, 0.5) is 16.2 Å². The first-order valence-corrected chi connectivity index (χ1v) is 12.4. The summed E-state index contributed by atoms with van der Waals surface area (Å²) in [4.78, 5) is 61.4. The first-order valence-electron chi connectivity index (χ1n) is 12.0. The van der Waals surface area contributed by atoms with Gasteiger partial charge in [0.25, 0.3) is 17.5 Å². The van der Waals surface area contributed by atoms with Crippen LogP contribution in [-0.2, 0) is 20.9 Å². The minimum absolute atomic E-state index is 0.0292. The fourth-order valence-electron chi connectivity index (χ4n) is 3.85. The molecule has 1 saturated heterocycles. The molecule has 1 aliphatic heterocycles. The molecule has 0 aliphatic carbocycles. The number of halogens is 1. The Morgan fingerprint density at radius 2 is 1.76 bits per heavy atom. The fourth-order valence-corrected chi connectivity index (χ4v) is 4.13. The molecule has 3 aromatic carbocycles. The second-order valence-corrected chi connectivity index (χ2v) is 8.88. The van der Waals surface area contributed by atoms with E-state index in [1.807, 2.05) is 0 Å². The van der Waals surface area contributed by atoms with Gasteiger partial charge in [0.2, 0.25) is 0 Å². The van der Waals surface area contributed by atoms with Crippen molar-refractivity contribution in [1.29, 1.82) is 0 Å². The van der Waals surface area contributed by atoms with E-state index in [-0.39, 0.29) is 52.2 Å². The van der Waals surface area contributed by atoms with E-state index in [9.17, 15) is 29.3 Å². The Bertz CT molecular complexity index is 1570. The number of amides is 4. The lowest BCUT2D eigenvalue weighted by Crippen LogP contribution is -2.54. The number of non-ortho nitro benzene ring substituents is 1. The van der Waals surface area contributed by atoms with E-state index in [1.165, 1.54) is 61.7 Å². The van der Waals surface area contributed by atoms with Crippen LogP contribution in [0.25, 0.3) is 6.08 Å². The number of nitrogens with one attached hydrogen (secondary N) is 1. The molecular weight excluding hydrogens is 558 g/mol. The molecule has 210 valence electrons. The van der Waals surface area contributed by atoms with Gasteiger partial charge in [0, 0.05) is 12.1 Å². The van der Waals surface area contributed by atoms with Gasteiger partial charge in [-0.05, 0) is 72.7 Å². The highest BCUT2D eigenvalue weighted by molar-refractivity contribution is 6.39. The van der Waals surface area contributed by atoms with Crippen molar-refractivity contribution in [2.75, 3.05) is 18.6 Å². The number of nitro groups is 1. The lowest BCUT2D eigenvalue weighted by atomic mass is 10.1. The second-order valence-electron chi connectivity index (χ2n) is 8.47. The number of methoxy groups -OCH3 is 1. The Hall–Kier alpha value is -5.23. The summed E-state index contributed by atoms with van der Waals surface area (Å²) in [6.07, 6.45) is 1.25. The Morgan fingerprint density at radius 3 is 2.37 bits per heavy atom. The van der Waals surface area contributed by atoms with Crippen LogP contribution in [0.5, 0.6) is 11.5 Å². The first-order chi connectivity index (χ1) is 19.6. The maximum absolute atomic E-state index is 13.3. The number of barbiturate groups is 1. The zero-order valence-corrected chi connectivity index (χ0v) is 22.5. The summed E-state index contributed by atoms with van der Waals surface area (Å²) in [6, 6.07) is 13.3. The Balaban J connectivity index is 1.58. The zero-order valence-electron chi connectivity index (χ0n) is 21.7. The molecule has 41 heavy (non-hydrogen) atoms. The number of hydrogen-bond donors (Lipinski definition) is 1. The molecule has 4 amide bonds. The number of anilines is 1. The summed E-state index contributed by atoms with van der Waals surface area (Å²) >= 11 is 6.44. The maximum atomic E-state index is 13.3. The highest BCUT2D eigenvalue weighted by Gasteiger charge is 2.37. The average Bonchev–Trinajstić information content (AvgIpc) is 2.95. The summed E-state index contributed by atoms with van der Waals surface area (Å²) in [5.74, 6) is -2.00. The number of nitrogens with zero attached hydrogens (tertiary/aromatic N) is 2. The van der Waals surface area contributed by atoms with Crippen molar-refractivity contribution in [2.45, 2.75) is 13.5 Å². The fraction of sp³-hybridized carbons (Fsp3) is 0.143. The van der Waals surface area contributed by atoms with Crippen molar-refractivity contribution in [2.24, 2.45) is 0 Å². The van der Waals surface area contributed by atoms with Crippen LogP contribution in [0.2, 0.25) is 5.02 Å². The number of benzene rings is 3. The van der Waals surface area contributed by atoms with Crippen molar-refractivity contribution < 1.29 is 38.3 Å². The lowest BCUT2D eigenvalue weighted by molar-refractivity contribution is -0.384. The lowest BCUT2D eigenvalue weighted by Gasteiger charge is -2.26. The van der Waals surface area contributed by atoms with Gasteiger partial charge in [-0.1, -0.05) is 11.6 Å². The minimum atomic E-state index is -0.952. The van der Waals surface area contributed by atoms with Gasteiger partial charge < -0.3 is 14.2 Å². The summed E-state index contributed by atoms with van der Waals surface area (Å²) in [5, 5.41) is 13.1. The number of imide groups is 2. The molecule has 1 fully saturated rings. The van der Waals surface area contributed by atoms with Crippen molar-refractivity contribution in [3.05, 3.63) is 98.1 Å². The monoisotopic (exact) mass is 579 g/mol. The number of carbonyl (C=O) groups is 4. The van der Waals surface area contributed by atoms with Gasteiger partial charge in [-0.3, -0.25) is 25.0 Å². The molecule has 1 aliphatic rings. The summed E-state index contributed by atoms with van der Waals surface area (Å²) in [6.45, 7) is 1.88. The van der Waals surface area contributed by atoms with Gasteiger partial charge >= 0.3 is 12.0 Å². The van der Waals surface area contributed by atoms with Crippen molar-refractivity contribution in [3.63, 3.8) is 0 Å². The number of ether oxygens (including phenoxy) is 3. The molecule has 0 saturated carbocycles. The van der Waals surface area contributed by atoms with Crippen molar-refractivity contribution in [1.82, 2.24) is 5.32 Å². The molecule has 13 heteroatoms. The van der Waals surface area contributed by atoms with E-state index < -0.39 is 28.7 Å². The molecule has 3 aromatic rings. The maximum Gasteiger partial charge on any atom is 0.338 e. The van der Waals surface area contributed by atoms with Gasteiger partial charge in [0.05, 0.1) is 34.9 Å². The minimum Gasteiger partial charge on any atom is -0.493 e. The molecule has 0 atom stereocenters. The van der Waals surface area contributed by atoms with E-state index >= 15 is 0 Å². The van der Waals surface area contributed by atoms with E-state index in [0.717, 1.165) is 4.90 Å². The molecule has 0 unspecified atom stereocenters. The Morgan fingerprint density at radius 1 is 1.07 bits per heavy atom. The van der Waals surface area contributed by atoms with Crippen LogP contribution in [0.1, 0.15) is 28.4 Å². The van der Waals surface area contributed by atoms with Crippen molar-refractivity contribution in [3.8, 4) is 11.5 Å². The molecular formula is C28H22ClN3O9. The average molecular weight is 580 g/mol. The number of hydrogen-bond acceptors (Lipinski definition) is 9. The molecule has 12 nitrogen and oxygen atoms in total. The van der Waals surface area contributed by atoms with Crippen LogP contribution in [0.15, 0.2) is 66.2 Å². The Kier molecular flexibility index (Phi) is 8.63. The summed E-state index contributed by atoms with van der Waals surface area (Å²) in [7, 11) is 1.38. The molecule has 1 N–H and O–H groups in total. The SMILES string of the molecule is CCOC(=O)c1ccc(N2C(=O)NC(=O)/C(=C\c3cc(Cl)c(OCc4ccc([N+](=O)[O-])cc4)c(OC)c3)C2=O)cc1. The second kappa shape index (κ2) is 12.3. The van der Waals surface area contributed by atoms with Crippen LogP contribution in [0.3, 0.4) is 0 Å². The van der Waals surface area contributed by atoms with Gasteiger partial charge in [0.15, 0.2) is 11.5 Å². The van der Waals surface area contributed by atoms with Crippen LogP contribution < -0.4 is 19.7 Å². The van der Waals surface area contributed by atoms with E-state index in [0.29, 0.717) is 11.1 Å². The zero-order chi connectivity index (χ0) is 29.7.